The Kier molecular flexibility index (Phi) is 5.81. The van der Waals surface area contributed by atoms with Crippen molar-refractivity contribution >= 4 is 40.2 Å². The van der Waals surface area contributed by atoms with E-state index in [0.717, 1.165) is 47.4 Å². The van der Waals surface area contributed by atoms with Gasteiger partial charge in [0.2, 0.25) is 5.91 Å². The van der Waals surface area contributed by atoms with Crippen molar-refractivity contribution in [2.24, 2.45) is 11.8 Å². The minimum Gasteiger partial charge on any atom is -0.465 e. The number of anilines is 1. The topological polar surface area (TPSA) is 105 Å². The molecule has 1 spiro atoms. The van der Waals surface area contributed by atoms with E-state index < -0.39 is 23.4 Å². The van der Waals surface area contributed by atoms with Gasteiger partial charge in [-0.3, -0.25) is 14.5 Å². The van der Waals surface area contributed by atoms with E-state index in [1.54, 1.807) is 0 Å². The van der Waals surface area contributed by atoms with E-state index in [4.69, 9.17) is 4.74 Å². The molecule has 9 heteroatoms. The average Bonchev–Trinajstić information content (AvgIpc) is 3.19. The predicted molar refractivity (Wildman–Crippen MR) is 116 cm³/mol. The number of ether oxygens (including phenoxy) is 1. The van der Waals surface area contributed by atoms with Crippen molar-refractivity contribution in [1.29, 1.82) is 0 Å². The molecule has 2 heterocycles. The summed E-state index contributed by atoms with van der Waals surface area (Å²) in [5.41, 5.74) is 0.465. The Morgan fingerprint density at radius 3 is 2.58 bits per heavy atom. The van der Waals surface area contributed by atoms with Gasteiger partial charge in [0.15, 0.2) is 0 Å². The van der Waals surface area contributed by atoms with Gasteiger partial charge in [-0.15, -0.1) is 11.3 Å². The van der Waals surface area contributed by atoms with Crippen LogP contribution < -0.4 is 10.6 Å². The third kappa shape index (κ3) is 3.95. The van der Waals surface area contributed by atoms with Crippen molar-refractivity contribution in [2.75, 3.05) is 19.0 Å². The molecule has 0 radical (unpaired) electrons. The number of nitrogens with one attached hydrogen (secondary N) is 2. The van der Waals surface area contributed by atoms with Crippen LogP contribution in [-0.2, 0) is 27.2 Å². The fourth-order valence-corrected chi connectivity index (χ4v) is 6.30. The number of rotatable bonds is 4. The van der Waals surface area contributed by atoms with Crippen LogP contribution in [0.4, 0.5) is 9.80 Å². The second-order valence-electron chi connectivity index (χ2n) is 9.18. The fourth-order valence-electron chi connectivity index (χ4n) is 4.88. The zero-order valence-electron chi connectivity index (χ0n) is 18.2. The van der Waals surface area contributed by atoms with E-state index in [0.29, 0.717) is 35.2 Å². The van der Waals surface area contributed by atoms with Crippen LogP contribution in [0, 0.1) is 11.8 Å². The number of imide groups is 1. The summed E-state index contributed by atoms with van der Waals surface area (Å²) in [5.74, 6) is -0.265. The van der Waals surface area contributed by atoms with E-state index in [1.807, 2.05) is 0 Å². The molecule has 4 rings (SSSR count). The molecule has 168 valence electrons. The van der Waals surface area contributed by atoms with Crippen molar-refractivity contribution < 1.29 is 23.9 Å². The van der Waals surface area contributed by atoms with Gasteiger partial charge >= 0.3 is 12.0 Å². The number of carbonyl (C=O) groups excluding carboxylic acids is 4. The number of hydrogen-bond donors (Lipinski definition) is 2. The number of methoxy groups -OCH3 is 1. The maximum atomic E-state index is 13.0. The molecular weight excluding hydrogens is 418 g/mol. The molecule has 2 N–H and O–H groups in total. The van der Waals surface area contributed by atoms with E-state index in [9.17, 15) is 19.2 Å². The first-order chi connectivity index (χ1) is 14.7. The molecule has 1 aliphatic heterocycles. The number of carbonyl (C=O) groups is 4. The minimum absolute atomic E-state index is 0.327. The molecule has 0 bridgehead atoms. The van der Waals surface area contributed by atoms with Crippen LogP contribution in [0.5, 0.6) is 0 Å². The Morgan fingerprint density at radius 2 is 1.90 bits per heavy atom. The molecule has 4 amide bonds. The van der Waals surface area contributed by atoms with Crippen LogP contribution in [0.25, 0.3) is 0 Å². The van der Waals surface area contributed by atoms with Crippen molar-refractivity contribution in [3.05, 3.63) is 16.0 Å². The Balaban J connectivity index is 1.50. The lowest BCUT2D eigenvalue weighted by molar-refractivity contribution is -0.135. The monoisotopic (exact) mass is 447 g/mol. The normalized spacial score (nSPS) is 27.8. The standard InChI is InChI=1S/C22H29N3O5S/c1-12-6-8-22(9-7-12)20(28)25(21(29)24-22)11-16(26)23-18-17(19(27)30-3)14-5-4-13(2)10-15(14)31-18/h12-13H,4-11H2,1-3H3,(H,23,26)(H,24,29). The maximum absolute atomic E-state index is 13.0. The van der Waals surface area contributed by atoms with Crippen molar-refractivity contribution in [2.45, 2.75) is 64.3 Å². The van der Waals surface area contributed by atoms with Gasteiger partial charge in [0, 0.05) is 4.88 Å². The Morgan fingerprint density at radius 1 is 1.19 bits per heavy atom. The number of hydrogen-bond acceptors (Lipinski definition) is 6. The number of nitrogens with zero attached hydrogens (tertiary/aromatic N) is 1. The van der Waals surface area contributed by atoms with Gasteiger partial charge in [0.1, 0.15) is 17.1 Å². The molecule has 1 saturated carbocycles. The zero-order chi connectivity index (χ0) is 22.3. The number of urea groups is 1. The minimum atomic E-state index is -0.876. The quantitative estimate of drug-likeness (QED) is 0.545. The van der Waals surface area contributed by atoms with Gasteiger partial charge in [-0.25, -0.2) is 9.59 Å². The van der Waals surface area contributed by atoms with Crippen molar-refractivity contribution in [3.63, 3.8) is 0 Å². The summed E-state index contributed by atoms with van der Waals surface area (Å²) in [7, 11) is 1.32. The lowest BCUT2D eigenvalue weighted by Gasteiger charge is -2.33. The first-order valence-electron chi connectivity index (χ1n) is 10.9. The highest BCUT2D eigenvalue weighted by Crippen LogP contribution is 2.40. The van der Waals surface area contributed by atoms with Gasteiger partial charge in [-0.1, -0.05) is 13.8 Å². The molecule has 8 nitrogen and oxygen atoms in total. The summed E-state index contributed by atoms with van der Waals surface area (Å²) >= 11 is 1.38. The largest absolute Gasteiger partial charge is 0.465 e. The smallest absolute Gasteiger partial charge is 0.341 e. The van der Waals surface area contributed by atoms with Gasteiger partial charge in [-0.05, 0) is 62.3 Å². The van der Waals surface area contributed by atoms with E-state index >= 15 is 0 Å². The van der Waals surface area contributed by atoms with E-state index in [-0.39, 0.29) is 12.5 Å². The van der Waals surface area contributed by atoms with Gasteiger partial charge in [0.25, 0.3) is 5.91 Å². The molecule has 1 aromatic heterocycles. The first kappa shape index (κ1) is 21.8. The van der Waals surface area contributed by atoms with Crippen molar-refractivity contribution in [3.8, 4) is 0 Å². The van der Waals surface area contributed by atoms with Crippen LogP contribution in [0.3, 0.4) is 0 Å². The highest BCUT2D eigenvalue weighted by molar-refractivity contribution is 7.17. The molecule has 1 unspecified atom stereocenters. The molecule has 1 atom stereocenters. The van der Waals surface area contributed by atoms with Crippen LogP contribution in [0.1, 0.15) is 66.8 Å². The second-order valence-corrected chi connectivity index (χ2v) is 10.3. The Bertz CT molecular complexity index is 932. The molecule has 31 heavy (non-hydrogen) atoms. The SMILES string of the molecule is COC(=O)c1c(NC(=O)CN2C(=O)NC3(CCC(C)CC3)C2=O)sc2c1CCC(C)C2. The molecule has 0 aromatic carbocycles. The molecule has 1 aromatic rings. The van der Waals surface area contributed by atoms with Gasteiger partial charge in [-0.2, -0.15) is 0 Å². The first-order valence-corrected chi connectivity index (χ1v) is 11.7. The average molecular weight is 448 g/mol. The van der Waals surface area contributed by atoms with Gasteiger partial charge in [0.05, 0.1) is 12.7 Å². The highest BCUT2D eigenvalue weighted by Gasteiger charge is 2.52. The summed E-state index contributed by atoms with van der Waals surface area (Å²) in [6, 6.07) is -0.526. The lowest BCUT2D eigenvalue weighted by Crippen LogP contribution is -2.49. The number of amides is 4. The molecule has 2 fully saturated rings. The second kappa shape index (κ2) is 8.26. The predicted octanol–water partition coefficient (Wildman–Crippen LogP) is 3.10. The lowest BCUT2D eigenvalue weighted by atomic mass is 9.77. The number of thiophene rings is 1. The molecule has 3 aliphatic rings. The van der Waals surface area contributed by atoms with E-state index in [1.165, 1.54) is 18.4 Å². The van der Waals surface area contributed by atoms with Crippen molar-refractivity contribution in [1.82, 2.24) is 10.2 Å². The summed E-state index contributed by atoms with van der Waals surface area (Å²) in [5, 5.41) is 6.03. The van der Waals surface area contributed by atoms with Gasteiger partial charge < -0.3 is 15.4 Å². The summed E-state index contributed by atoms with van der Waals surface area (Å²) in [6.45, 7) is 3.93. The summed E-state index contributed by atoms with van der Waals surface area (Å²) in [6.07, 6.45) is 5.53. The number of esters is 1. The zero-order valence-corrected chi connectivity index (χ0v) is 19.0. The van der Waals surface area contributed by atoms with Crippen LogP contribution in [0.15, 0.2) is 0 Å². The van der Waals surface area contributed by atoms with Crippen LogP contribution in [-0.4, -0.2) is 47.9 Å². The molecule has 1 saturated heterocycles. The summed E-state index contributed by atoms with van der Waals surface area (Å²) in [4.78, 5) is 52.8. The van der Waals surface area contributed by atoms with Crippen LogP contribution in [0.2, 0.25) is 0 Å². The maximum Gasteiger partial charge on any atom is 0.341 e. The Hall–Kier alpha value is -2.42. The number of fused-ring (bicyclic) bond motifs is 1. The molecular formula is C22H29N3O5S. The Labute approximate surface area is 185 Å². The molecule has 2 aliphatic carbocycles. The van der Waals surface area contributed by atoms with Crippen LogP contribution >= 0.6 is 11.3 Å². The van der Waals surface area contributed by atoms with E-state index in [2.05, 4.69) is 24.5 Å². The third-order valence-corrected chi connectivity index (χ3v) is 8.00. The fraction of sp³-hybridized carbons (Fsp3) is 0.636. The third-order valence-electron chi connectivity index (χ3n) is 6.83. The summed E-state index contributed by atoms with van der Waals surface area (Å²) < 4.78 is 4.95. The highest BCUT2D eigenvalue weighted by atomic mass is 32.1.